The van der Waals surface area contributed by atoms with Gasteiger partial charge in [-0.3, -0.25) is 9.59 Å². The zero-order valence-corrected chi connectivity index (χ0v) is 15.6. The van der Waals surface area contributed by atoms with E-state index >= 15 is 0 Å². The number of hydrazone groups is 1. The number of anilines is 1. The fraction of sp³-hybridized carbons (Fsp3) is 0.286. The van der Waals surface area contributed by atoms with Crippen LogP contribution in [0.2, 0.25) is 0 Å². The Morgan fingerprint density at radius 3 is 2.56 bits per heavy atom. The summed E-state index contributed by atoms with van der Waals surface area (Å²) in [5, 5.41) is 3.98. The third-order valence-corrected chi connectivity index (χ3v) is 4.63. The highest BCUT2D eigenvalue weighted by atomic mass is 16.2. The molecule has 1 N–H and O–H groups in total. The van der Waals surface area contributed by atoms with Crippen LogP contribution < -0.4 is 10.3 Å². The molecule has 140 valence electrons. The first kappa shape index (κ1) is 18.6. The maximum Gasteiger partial charge on any atom is 0.259 e. The van der Waals surface area contributed by atoms with Crippen molar-refractivity contribution in [1.82, 2.24) is 10.3 Å². The predicted octanol–water partition coefficient (Wildman–Crippen LogP) is 2.22. The summed E-state index contributed by atoms with van der Waals surface area (Å²) in [6.07, 6.45) is 2.04. The van der Waals surface area contributed by atoms with Gasteiger partial charge in [0, 0.05) is 38.7 Å². The van der Waals surface area contributed by atoms with Crippen LogP contribution in [0.5, 0.6) is 0 Å². The maximum atomic E-state index is 12.2. The van der Waals surface area contributed by atoms with Crippen molar-refractivity contribution in [3.8, 4) is 0 Å². The van der Waals surface area contributed by atoms with Crippen molar-refractivity contribution < 1.29 is 9.59 Å². The van der Waals surface area contributed by atoms with Gasteiger partial charge < -0.3 is 9.80 Å². The molecule has 1 fully saturated rings. The van der Waals surface area contributed by atoms with Gasteiger partial charge in [0.15, 0.2) is 0 Å². The van der Waals surface area contributed by atoms with Crippen molar-refractivity contribution in [3.05, 3.63) is 65.7 Å². The number of amides is 2. The SMILES string of the molecule is CN(C)c1ccc(C=NNC(=O)CN2CC(c3ccccc3)CC2=O)cc1. The molecule has 2 aromatic carbocycles. The molecule has 1 atom stereocenters. The summed E-state index contributed by atoms with van der Waals surface area (Å²) in [4.78, 5) is 27.9. The van der Waals surface area contributed by atoms with Crippen LogP contribution in [0.3, 0.4) is 0 Å². The van der Waals surface area contributed by atoms with Crippen LogP contribution in [0, 0.1) is 0 Å². The summed E-state index contributed by atoms with van der Waals surface area (Å²) in [5.74, 6) is -0.148. The number of rotatable bonds is 6. The van der Waals surface area contributed by atoms with Gasteiger partial charge in [0.25, 0.3) is 5.91 Å². The van der Waals surface area contributed by atoms with Crippen LogP contribution in [0.4, 0.5) is 5.69 Å². The molecule has 0 radical (unpaired) electrons. The molecular weight excluding hydrogens is 340 g/mol. The van der Waals surface area contributed by atoms with E-state index < -0.39 is 0 Å². The number of carbonyl (C=O) groups is 2. The Bertz CT molecular complexity index is 816. The molecule has 0 saturated carbocycles. The number of benzene rings is 2. The van der Waals surface area contributed by atoms with E-state index in [2.05, 4.69) is 10.5 Å². The lowest BCUT2D eigenvalue weighted by Gasteiger charge is -2.15. The second-order valence-corrected chi connectivity index (χ2v) is 6.87. The van der Waals surface area contributed by atoms with Crippen LogP contribution in [0.1, 0.15) is 23.5 Å². The average molecular weight is 364 g/mol. The van der Waals surface area contributed by atoms with Crippen molar-refractivity contribution in [3.63, 3.8) is 0 Å². The molecule has 1 unspecified atom stereocenters. The third kappa shape index (κ3) is 4.94. The minimum atomic E-state index is -0.293. The molecule has 1 aliphatic rings. The number of carbonyl (C=O) groups excluding carboxylic acids is 2. The average Bonchev–Trinajstić information content (AvgIpc) is 3.03. The molecule has 27 heavy (non-hydrogen) atoms. The van der Waals surface area contributed by atoms with Crippen molar-refractivity contribution in [1.29, 1.82) is 0 Å². The Morgan fingerprint density at radius 2 is 1.89 bits per heavy atom. The lowest BCUT2D eigenvalue weighted by molar-refractivity contribution is -0.133. The van der Waals surface area contributed by atoms with E-state index in [0.29, 0.717) is 13.0 Å². The van der Waals surface area contributed by atoms with Gasteiger partial charge in [0.1, 0.15) is 6.54 Å². The van der Waals surface area contributed by atoms with Crippen molar-refractivity contribution in [2.24, 2.45) is 5.10 Å². The van der Waals surface area contributed by atoms with Crippen molar-refractivity contribution >= 4 is 23.7 Å². The lowest BCUT2D eigenvalue weighted by atomic mass is 9.99. The largest absolute Gasteiger partial charge is 0.378 e. The quantitative estimate of drug-likeness (QED) is 0.631. The predicted molar refractivity (Wildman–Crippen MR) is 107 cm³/mol. The molecule has 1 aliphatic heterocycles. The van der Waals surface area contributed by atoms with E-state index in [0.717, 1.165) is 16.8 Å². The first-order valence-electron chi connectivity index (χ1n) is 8.95. The fourth-order valence-electron chi connectivity index (χ4n) is 3.12. The minimum absolute atomic E-state index is 0.00209. The molecule has 2 aromatic rings. The summed E-state index contributed by atoms with van der Waals surface area (Å²) in [7, 11) is 3.95. The Morgan fingerprint density at radius 1 is 1.19 bits per heavy atom. The number of nitrogens with one attached hydrogen (secondary N) is 1. The van der Waals surface area contributed by atoms with Gasteiger partial charge in [-0.05, 0) is 23.3 Å². The molecule has 6 heteroatoms. The molecule has 3 rings (SSSR count). The Balaban J connectivity index is 1.49. The summed E-state index contributed by atoms with van der Waals surface area (Å²) in [5.41, 5.74) is 5.61. The first-order chi connectivity index (χ1) is 13.0. The smallest absolute Gasteiger partial charge is 0.259 e. The standard InChI is InChI=1S/C21H24N4O2/c1-24(2)19-10-8-16(9-11-19)13-22-23-20(26)15-25-14-18(12-21(25)27)17-6-4-3-5-7-17/h3-11,13,18H,12,14-15H2,1-2H3,(H,23,26). The van der Waals surface area contributed by atoms with Crippen molar-refractivity contribution in [2.45, 2.75) is 12.3 Å². The van der Waals surface area contributed by atoms with Crippen LogP contribution in [0.15, 0.2) is 59.7 Å². The number of hydrogen-bond acceptors (Lipinski definition) is 4. The highest BCUT2D eigenvalue weighted by Crippen LogP contribution is 2.27. The van der Waals surface area contributed by atoms with Crippen LogP contribution in [-0.4, -0.2) is 50.1 Å². The van der Waals surface area contributed by atoms with E-state index in [1.807, 2.05) is 73.6 Å². The minimum Gasteiger partial charge on any atom is -0.378 e. The first-order valence-corrected chi connectivity index (χ1v) is 8.95. The fourth-order valence-corrected chi connectivity index (χ4v) is 3.12. The maximum absolute atomic E-state index is 12.2. The molecule has 0 aromatic heterocycles. The van der Waals surface area contributed by atoms with Crippen LogP contribution in [-0.2, 0) is 9.59 Å². The van der Waals surface area contributed by atoms with Gasteiger partial charge in [0.05, 0.1) is 6.21 Å². The van der Waals surface area contributed by atoms with Gasteiger partial charge in [-0.15, -0.1) is 0 Å². The summed E-state index contributed by atoms with van der Waals surface area (Å²) < 4.78 is 0. The summed E-state index contributed by atoms with van der Waals surface area (Å²) in [6, 6.07) is 17.8. The number of likely N-dealkylation sites (tertiary alicyclic amines) is 1. The molecule has 1 saturated heterocycles. The topological polar surface area (TPSA) is 65.0 Å². The van der Waals surface area contributed by atoms with E-state index in [4.69, 9.17) is 0 Å². The van der Waals surface area contributed by atoms with E-state index in [1.54, 1.807) is 11.1 Å². The lowest BCUT2D eigenvalue weighted by Crippen LogP contribution is -2.36. The zero-order chi connectivity index (χ0) is 19.2. The second-order valence-electron chi connectivity index (χ2n) is 6.87. The van der Waals surface area contributed by atoms with E-state index in [9.17, 15) is 9.59 Å². The highest BCUT2D eigenvalue weighted by Gasteiger charge is 2.31. The molecule has 0 aliphatic carbocycles. The Labute approximate surface area is 159 Å². The molecule has 2 amide bonds. The van der Waals surface area contributed by atoms with Gasteiger partial charge >= 0.3 is 0 Å². The third-order valence-electron chi connectivity index (χ3n) is 4.63. The van der Waals surface area contributed by atoms with E-state index in [-0.39, 0.29) is 24.3 Å². The highest BCUT2D eigenvalue weighted by molar-refractivity contribution is 5.87. The molecule has 1 heterocycles. The van der Waals surface area contributed by atoms with Crippen molar-refractivity contribution in [2.75, 3.05) is 32.1 Å². The van der Waals surface area contributed by atoms with Gasteiger partial charge in [-0.1, -0.05) is 42.5 Å². The molecular formula is C21H24N4O2. The number of hydrogen-bond donors (Lipinski definition) is 1. The summed E-state index contributed by atoms with van der Waals surface area (Å²) >= 11 is 0. The second kappa shape index (κ2) is 8.49. The molecule has 6 nitrogen and oxygen atoms in total. The van der Waals surface area contributed by atoms with Gasteiger partial charge in [-0.2, -0.15) is 5.10 Å². The molecule has 0 spiro atoms. The summed E-state index contributed by atoms with van der Waals surface area (Å²) in [6.45, 7) is 0.588. The molecule has 0 bridgehead atoms. The van der Waals surface area contributed by atoms with Crippen LogP contribution in [0.25, 0.3) is 0 Å². The normalized spacial score (nSPS) is 16.7. The Kier molecular flexibility index (Phi) is 5.86. The number of nitrogens with zero attached hydrogens (tertiary/aromatic N) is 3. The van der Waals surface area contributed by atoms with Gasteiger partial charge in [0.2, 0.25) is 5.91 Å². The van der Waals surface area contributed by atoms with E-state index in [1.165, 1.54) is 0 Å². The van der Waals surface area contributed by atoms with Crippen LogP contribution >= 0.6 is 0 Å². The zero-order valence-electron chi connectivity index (χ0n) is 15.6. The monoisotopic (exact) mass is 364 g/mol. The Hall–Kier alpha value is -3.15. The van der Waals surface area contributed by atoms with Gasteiger partial charge in [-0.25, -0.2) is 5.43 Å².